The number of rotatable bonds is 2. The van der Waals surface area contributed by atoms with Crippen LogP contribution in [-0.4, -0.2) is 0 Å². The molecule has 0 unspecified atom stereocenters. The zero-order valence-electron chi connectivity index (χ0n) is 17.5. The van der Waals surface area contributed by atoms with Gasteiger partial charge in [-0.3, -0.25) is 0 Å². The average Bonchev–Trinajstić information content (AvgIpc) is 3.11. The predicted molar refractivity (Wildman–Crippen MR) is 126 cm³/mol. The van der Waals surface area contributed by atoms with Crippen LogP contribution >= 0.6 is 0 Å². The Morgan fingerprint density at radius 1 is 0.733 bits per heavy atom. The number of fused-ring (bicyclic) bond motifs is 4. The van der Waals surface area contributed by atoms with Crippen molar-refractivity contribution in [1.29, 1.82) is 0 Å². The van der Waals surface area contributed by atoms with Crippen LogP contribution in [0.1, 0.15) is 59.6 Å². The highest BCUT2D eigenvalue weighted by Crippen LogP contribution is 2.58. The maximum absolute atomic E-state index is 2.50. The third kappa shape index (κ3) is 2.34. The normalized spacial score (nSPS) is 18.5. The van der Waals surface area contributed by atoms with Crippen molar-refractivity contribution in [1.82, 2.24) is 0 Å². The molecule has 0 amide bonds. The fourth-order valence-electron chi connectivity index (χ4n) is 5.92. The molecule has 0 fully saturated rings. The minimum atomic E-state index is -0.241. The lowest BCUT2D eigenvalue weighted by atomic mass is 9.66. The van der Waals surface area contributed by atoms with E-state index >= 15 is 0 Å². The third-order valence-corrected chi connectivity index (χ3v) is 7.21. The molecule has 0 spiro atoms. The van der Waals surface area contributed by atoms with E-state index in [1.54, 1.807) is 5.57 Å². The van der Waals surface area contributed by atoms with Gasteiger partial charge < -0.3 is 0 Å². The summed E-state index contributed by atoms with van der Waals surface area (Å²) in [6, 6.07) is 27.1. The molecule has 0 heteroatoms. The first-order valence-electron chi connectivity index (χ1n) is 11.2. The molecule has 0 saturated carbocycles. The van der Waals surface area contributed by atoms with E-state index in [1.807, 2.05) is 0 Å². The van der Waals surface area contributed by atoms with Gasteiger partial charge in [0.15, 0.2) is 0 Å². The monoisotopic (exact) mass is 386 g/mol. The van der Waals surface area contributed by atoms with Crippen LogP contribution in [0, 0.1) is 0 Å². The van der Waals surface area contributed by atoms with E-state index in [0.29, 0.717) is 0 Å². The van der Waals surface area contributed by atoms with Gasteiger partial charge in [-0.05, 0) is 77.1 Å². The van der Waals surface area contributed by atoms with Crippen LogP contribution in [0.5, 0.6) is 0 Å². The van der Waals surface area contributed by atoms with Crippen LogP contribution in [0.4, 0.5) is 0 Å². The van der Waals surface area contributed by atoms with Crippen LogP contribution in [0.15, 0.2) is 96.1 Å². The summed E-state index contributed by atoms with van der Waals surface area (Å²) in [5.74, 6) is 0. The van der Waals surface area contributed by atoms with E-state index in [4.69, 9.17) is 0 Å². The first kappa shape index (κ1) is 17.7. The van der Waals surface area contributed by atoms with E-state index in [9.17, 15) is 0 Å². The summed E-state index contributed by atoms with van der Waals surface area (Å²) in [6.45, 7) is 2.29. The quantitative estimate of drug-likeness (QED) is 0.428. The Kier molecular flexibility index (Phi) is 3.96. The van der Waals surface area contributed by atoms with Crippen molar-refractivity contribution in [3.8, 4) is 0 Å². The molecule has 0 saturated heterocycles. The first-order valence-corrected chi connectivity index (χ1v) is 11.2. The molecule has 0 radical (unpaired) electrons. The summed E-state index contributed by atoms with van der Waals surface area (Å²) >= 11 is 0. The van der Waals surface area contributed by atoms with Crippen LogP contribution < -0.4 is 0 Å². The topological polar surface area (TPSA) is 0 Å². The Labute approximate surface area is 179 Å². The molecular weight excluding hydrogens is 360 g/mol. The van der Waals surface area contributed by atoms with Gasteiger partial charge >= 0.3 is 0 Å². The van der Waals surface area contributed by atoms with Gasteiger partial charge in [0.2, 0.25) is 0 Å². The van der Waals surface area contributed by atoms with Gasteiger partial charge in [-0.25, -0.2) is 0 Å². The number of hydrogen-bond donors (Lipinski definition) is 0. The van der Waals surface area contributed by atoms with Gasteiger partial charge in [-0.2, -0.15) is 0 Å². The minimum absolute atomic E-state index is 0.241. The molecule has 0 atom stereocenters. The molecule has 0 aromatic heterocycles. The summed E-state index contributed by atoms with van der Waals surface area (Å²) in [4.78, 5) is 0. The maximum Gasteiger partial charge on any atom is 0.0710 e. The van der Waals surface area contributed by atoms with Gasteiger partial charge in [0.05, 0.1) is 5.41 Å². The maximum atomic E-state index is 2.50. The molecule has 0 nitrogen and oxygen atoms in total. The highest BCUT2D eigenvalue weighted by Gasteiger charge is 2.48. The molecule has 0 N–H and O–H groups in total. The Bertz CT molecular complexity index is 1180. The number of allylic oxidation sites excluding steroid dienone is 5. The molecule has 3 aromatic carbocycles. The van der Waals surface area contributed by atoms with E-state index in [1.165, 1.54) is 44.5 Å². The van der Waals surface area contributed by atoms with Crippen molar-refractivity contribution in [2.24, 2.45) is 0 Å². The fourth-order valence-corrected chi connectivity index (χ4v) is 5.92. The largest absolute Gasteiger partial charge is 0.0836 e. The molecular formula is C30H26. The molecule has 3 aliphatic carbocycles. The summed E-state index contributed by atoms with van der Waals surface area (Å²) in [5.41, 5.74) is 13.0. The van der Waals surface area contributed by atoms with Crippen LogP contribution in [0.25, 0.3) is 11.6 Å². The van der Waals surface area contributed by atoms with Gasteiger partial charge in [0.25, 0.3) is 0 Å². The Morgan fingerprint density at radius 3 is 2.13 bits per heavy atom. The third-order valence-electron chi connectivity index (χ3n) is 7.21. The first-order chi connectivity index (χ1) is 14.8. The molecule has 3 aromatic rings. The van der Waals surface area contributed by atoms with Gasteiger partial charge in [-0.15, -0.1) is 0 Å². The molecule has 0 aliphatic heterocycles. The highest BCUT2D eigenvalue weighted by atomic mass is 14.5. The SMILES string of the molecule is CC1=CC2=C(CC1)c1c(ccc3c1C=CCC3)C2(c1ccccc1)c1ccccc1. The van der Waals surface area contributed by atoms with Crippen molar-refractivity contribution in [2.45, 2.75) is 38.0 Å². The summed E-state index contributed by atoms with van der Waals surface area (Å²) < 4.78 is 0. The number of benzene rings is 3. The second-order valence-corrected chi connectivity index (χ2v) is 8.87. The predicted octanol–water partition coefficient (Wildman–Crippen LogP) is 7.49. The Hall–Kier alpha value is -3.12. The zero-order chi connectivity index (χ0) is 20.1. The number of hydrogen-bond acceptors (Lipinski definition) is 0. The number of aryl methyl sites for hydroxylation is 1. The lowest BCUT2D eigenvalue weighted by Gasteiger charge is -2.36. The molecule has 146 valence electrons. The van der Waals surface area contributed by atoms with E-state index in [2.05, 4.69) is 97.9 Å². The lowest BCUT2D eigenvalue weighted by molar-refractivity contribution is 0.752. The smallest absolute Gasteiger partial charge is 0.0710 e. The van der Waals surface area contributed by atoms with Gasteiger partial charge in [0, 0.05) is 0 Å². The molecule has 6 rings (SSSR count). The second kappa shape index (κ2) is 6.71. The highest BCUT2D eigenvalue weighted by molar-refractivity contribution is 5.92. The Balaban J connectivity index is 1.79. The van der Waals surface area contributed by atoms with E-state index < -0.39 is 0 Å². The average molecular weight is 387 g/mol. The van der Waals surface area contributed by atoms with Crippen LogP contribution in [0.2, 0.25) is 0 Å². The van der Waals surface area contributed by atoms with Crippen molar-refractivity contribution in [3.63, 3.8) is 0 Å². The summed E-state index contributed by atoms with van der Waals surface area (Å²) in [5, 5.41) is 0. The van der Waals surface area contributed by atoms with Crippen molar-refractivity contribution in [3.05, 3.63) is 129 Å². The zero-order valence-corrected chi connectivity index (χ0v) is 17.5. The van der Waals surface area contributed by atoms with E-state index in [0.717, 1.165) is 25.7 Å². The lowest BCUT2D eigenvalue weighted by Crippen LogP contribution is -2.30. The molecule has 0 heterocycles. The Morgan fingerprint density at radius 2 is 1.43 bits per heavy atom. The van der Waals surface area contributed by atoms with E-state index in [-0.39, 0.29) is 5.41 Å². The summed E-state index contributed by atoms with van der Waals surface area (Å²) in [7, 11) is 0. The van der Waals surface area contributed by atoms with Crippen LogP contribution in [0.3, 0.4) is 0 Å². The second-order valence-electron chi connectivity index (χ2n) is 8.87. The standard InChI is InChI=1S/C30H26/c1-21-16-18-26-28(20-21)30(23-11-4-2-5-12-23,24-13-6-3-7-14-24)27-19-17-22-10-8-9-15-25(22)29(26)27/h2-7,9,11-15,17,19-20H,8,10,16,18H2,1H3. The molecule has 30 heavy (non-hydrogen) atoms. The molecule has 0 bridgehead atoms. The summed E-state index contributed by atoms with van der Waals surface area (Å²) in [6.07, 6.45) is 11.8. The van der Waals surface area contributed by atoms with Crippen molar-refractivity contribution < 1.29 is 0 Å². The fraction of sp³-hybridized carbons (Fsp3) is 0.200. The minimum Gasteiger partial charge on any atom is -0.0836 e. The van der Waals surface area contributed by atoms with Gasteiger partial charge in [-0.1, -0.05) is 96.6 Å². The van der Waals surface area contributed by atoms with Crippen molar-refractivity contribution >= 4 is 11.6 Å². The van der Waals surface area contributed by atoms with Crippen molar-refractivity contribution in [2.75, 3.05) is 0 Å². The van der Waals surface area contributed by atoms with Crippen LogP contribution in [-0.2, 0) is 11.8 Å². The van der Waals surface area contributed by atoms with Gasteiger partial charge in [0.1, 0.15) is 0 Å². The molecule has 3 aliphatic rings.